The molecule has 0 bridgehead atoms. The van der Waals surface area contributed by atoms with Gasteiger partial charge in [0.15, 0.2) is 5.82 Å². The fourth-order valence-electron chi connectivity index (χ4n) is 1.61. The van der Waals surface area contributed by atoms with Gasteiger partial charge in [-0.05, 0) is 19.1 Å². The lowest BCUT2D eigenvalue weighted by Gasteiger charge is -2.05. The van der Waals surface area contributed by atoms with Crippen LogP contribution in [0.3, 0.4) is 0 Å². The first-order valence-electron chi connectivity index (χ1n) is 5.55. The topological polar surface area (TPSA) is 74.2 Å². The van der Waals surface area contributed by atoms with Gasteiger partial charge in [-0.25, -0.2) is 0 Å². The minimum atomic E-state index is -0.286. The Hall–Kier alpha value is -0.590. The number of hydrogen-bond donors (Lipinski definition) is 1. The number of nitrogens with zero attached hydrogens (tertiary/aromatic N) is 2. The summed E-state index contributed by atoms with van der Waals surface area (Å²) in [6.07, 6.45) is 1.12. The average molecular weight is 243 g/mol. The first-order chi connectivity index (χ1) is 7.81. The SMILES string of the molecule is CCOCC(N)c1noc(C2CCSC2)n1. The van der Waals surface area contributed by atoms with Gasteiger partial charge in [0, 0.05) is 18.3 Å². The van der Waals surface area contributed by atoms with E-state index >= 15 is 0 Å². The van der Waals surface area contributed by atoms with Crippen LogP contribution in [-0.4, -0.2) is 34.9 Å². The Bertz CT molecular complexity index is 326. The second-order valence-electron chi connectivity index (χ2n) is 3.82. The Labute approximate surface area is 99.1 Å². The van der Waals surface area contributed by atoms with E-state index in [9.17, 15) is 0 Å². The Morgan fingerprint density at radius 1 is 1.69 bits per heavy atom. The molecule has 0 spiro atoms. The van der Waals surface area contributed by atoms with E-state index < -0.39 is 0 Å². The maximum Gasteiger partial charge on any atom is 0.230 e. The Kier molecular flexibility index (Phi) is 4.20. The van der Waals surface area contributed by atoms with E-state index in [1.807, 2.05) is 18.7 Å². The molecule has 1 aliphatic heterocycles. The van der Waals surface area contributed by atoms with Gasteiger partial charge >= 0.3 is 0 Å². The molecule has 0 saturated carbocycles. The van der Waals surface area contributed by atoms with Gasteiger partial charge in [-0.3, -0.25) is 0 Å². The Balaban J connectivity index is 1.95. The molecular weight excluding hydrogens is 226 g/mol. The van der Waals surface area contributed by atoms with Crippen molar-refractivity contribution in [3.8, 4) is 0 Å². The van der Waals surface area contributed by atoms with Gasteiger partial charge in [0.05, 0.1) is 12.6 Å². The zero-order chi connectivity index (χ0) is 11.4. The summed E-state index contributed by atoms with van der Waals surface area (Å²) in [6, 6.07) is -0.286. The molecule has 1 fully saturated rings. The standard InChI is InChI=1S/C10H17N3O2S/c1-2-14-5-8(11)9-12-10(15-13-9)7-3-4-16-6-7/h7-8H,2-6,11H2,1H3. The lowest BCUT2D eigenvalue weighted by atomic mass is 10.1. The van der Waals surface area contributed by atoms with Crippen LogP contribution in [0.25, 0.3) is 0 Å². The summed E-state index contributed by atoms with van der Waals surface area (Å²) in [5.41, 5.74) is 5.88. The second-order valence-corrected chi connectivity index (χ2v) is 4.97. The van der Waals surface area contributed by atoms with Crippen molar-refractivity contribution in [1.82, 2.24) is 10.1 Å². The number of ether oxygens (including phenoxy) is 1. The molecule has 0 aliphatic carbocycles. The number of hydrogen-bond acceptors (Lipinski definition) is 6. The highest BCUT2D eigenvalue weighted by Gasteiger charge is 2.24. The minimum absolute atomic E-state index is 0.286. The second kappa shape index (κ2) is 5.65. The third-order valence-electron chi connectivity index (χ3n) is 2.57. The van der Waals surface area contributed by atoms with Gasteiger partial charge in [-0.15, -0.1) is 0 Å². The fraction of sp³-hybridized carbons (Fsp3) is 0.800. The molecule has 1 aromatic rings. The number of rotatable bonds is 5. The molecule has 2 N–H and O–H groups in total. The first-order valence-corrected chi connectivity index (χ1v) is 6.71. The zero-order valence-corrected chi connectivity index (χ0v) is 10.2. The quantitative estimate of drug-likeness (QED) is 0.841. The van der Waals surface area contributed by atoms with Gasteiger partial charge in [0.25, 0.3) is 0 Å². The molecule has 0 amide bonds. The van der Waals surface area contributed by atoms with E-state index in [1.165, 1.54) is 5.75 Å². The van der Waals surface area contributed by atoms with Crippen LogP contribution >= 0.6 is 11.8 Å². The third kappa shape index (κ3) is 2.75. The molecule has 90 valence electrons. The van der Waals surface area contributed by atoms with E-state index in [0.29, 0.717) is 25.0 Å². The molecule has 0 aromatic carbocycles. The molecule has 0 radical (unpaired) electrons. The van der Waals surface area contributed by atoms with Gasteiger partial charge in [0.1, 0.15) is 0 Å². The van der Waals surface area contributed by atoms with E-state index in [2.05, 4.69) is 10.1 Å². The first kappa shape index (κ1) is 11.9. The van der Waals surface area contributed by atoms with Crippen LogP contribution < -0.4 is 5.73 Å². The monoisotopic (exact) mass is 243 g/mol. The van der Waals surface area contributed by atoms with Crippen molar-refractivity contribution in [1.29, 1.82) is 0 Å². The third-order valence-corrected chi connectivity index (χ3v) is 3.73. The largest absolute Gasteiger partial charge is 0.380 e. The Morgan fingerprint density at radius 2 is 2.56 bits per heavy atom. The number of nitrogens with two attached hydrogens (primary N) is 1. The predicted octanol–water partition coefficient (Wildman–Crippen LogP) is 1.33. The summed E-state index contributed by atoms with van der Waals surface area (Å²) >= 11 is 1.92. The molecule has 2 heterocycles. The average Bonchev–Trinajstić information content (AvgIpc) is 2.94. The van der Waals surface area contributed by atoms with E-state index in [0.717, 1.165) is 18.1 Å². The van der Waals surface area contributed by atoms with Crippen LogP contribution in [0.15, 0.2) is 4.52 Å². The van der Waals surface area contributed by atoms with Crippen molar-refractivity contribution in [3.63, 3.8) is 0 Å². The maximum absolute atomic E-state index is 5.88. The van der Waals surface area contributed by atoms with Crippen LogP contribution in [0.5, 0.6) is 0 Å². The highest BCUT2D eigenvalue weighted by atomic mass is 32.2. The molecule has 5 nitrogen and oxygen atoms in total. The van der Waals surface area contributed by atoms with Crippen LogP contribution in [-0.2, 0) is 4.74 Å². The fourth-order valence-corrected chi connectivity index (χ4v) is 2.82. The summed E-state index contributed by atoms with van der Waals surface area (Å²) in [7, 11) is 0. The number of aromatic nitrogens is 2. The molecule has 1 aromatic heterocycles. The van der Waals surface area contributed by atoms with Gasteiger partial charge in [-0.2, -0.15) is 16.7 Å². The van der Waals surface area contributed by atoms with Crippen molar-refractivity contribution in [2.75, 3.05) is 24.7 Å². The lowest BCUT2D eigenvalue weighted by molar-refractivity contribution is 0.130. The minimum Gasteiger partial charge on any atom is -0.380 e. The van der Waals surface area contributed by atoms with Gasteiger partial charge in [-0.1, -0.05) is 5.16 Å². The highest BCUT2D eigenvalue weighted by molar-refractivity contribution is 7.99. The zero-order valence-electron chi connectivity index (χ0n) is 9.39. The molecule has 6 heteroatoms. The van der Waals surface area contributed by atoms with Crippen molar-refractivity contribution < 1.29 is 9.26 Å². The van der Waals surface area contributed by atoms with Crippen molar-refractivity contribution in [2.45, 2.75) is 25.3 Å². The van der Waals surface area contributed by atoms with E-state index in [4.69, 9.17) is 15.0 Å². The summed E-state index contributed by atoms with van der Waals surface area (Å²) in [4.78, 5) is 4.35. The summed E-state index contributed by atoms with van der Waals surface area (Å²) in [5.74, 6) is 3.94. The maximum atomic E-state index is 5.88. The van der Waals surface area contributed by atoms with Crippen LogP contribution in [0.4, 0.5) is 0 Å². The van der Waals surface area contributed by atoms with Crippen LogP contribution in [0.1, 0.15) is 37.0 Å². The van der Waals surface area contributed by atoms with Crippen molar-refractivity contribution in [3.05, 3.63) is 11.7 Å². The molecule has 2 rings (SSSR count). The normalized spacial score (nSPS) is 22.5. The van der Waals surface area contributed by atoms with Crippen LogP contribution in [0.2, 0.25) is 0 Å². The van der Waals surface area contributed by atoms with Gasteiger partial charge < -0.3 is 15.0 Å². The number of thioether (sulfide) groups is 1. The molecule has 1 aliphatic rings. The molecule has 1 saturated heterocycles. The summed E-state index contributed by atoms with van der Waals surface area (Å²) in [5, 5.41) is 3.91. The van der Waals surface area contributed by atoms with Gasteiger partial charge in [0.2, 0.25) is 5.89 Å². The molecule has 2 unspecified atom stereocenters. The summed E-state index contributed by atoms with van der Waals surface area (Å²) in [6.45, 7) is 3.02. The molecular formula is C10H17N3O2S. The van der Waals surface area contributed by atoms with Crippen molar-refractivity contribution in [2.24, 2.45) is 5.73 Å². The predicted molar refractivity (Wildman–Crippen MR) is 62.4 cm³/mol. The van der Waals surface area contributed by atoms with E-state index in [1.54, 1.807) is 0 Å². The van der Waals surface area contributed by atoms with E-state index in [-0.39, 0.29) is 6.04 Å². The lowest BCUT2D eigenvalue weighted by Crippen LogP contribution is -2.18. The molecule has 16 heavy (non-hydrogen) atoms. The van der Waals surface area contributed by atoms with Crippen molar-refractivity contribution >= 4 is 11.8 Å². The smallest absolute Gasteiger partial charge is 0.230 e. The highest BCUT2D eigenvalue weighted by Crippen LogP contribution is 2.31. The van der Waals surface area contributed by atoms with Crippen LogP contribution in [0, 0.1) is 0 Å². The summed E-state index contributed by atoms with van der Waals surface area (Å²) < 4.78 is 10.5. The molecule has 2 atom stereocenters. The Morgan fingerprint density at radius 3 is 3.25 bits per heavy atom.